The second kappa shape index (κ2) is 8.37. The van der Waals surface area contributed by atoms with Crippen molar-refractivity contribution in [2.75, 3.05) is 20.1 Å². The summed E-state index contributed by atoms with van der Waals surface area (Å²) in [6, 6.07) is 6.02. The van der Waals surface area contributed by atoms with Gasteiger partial charge in [0, 0.05) is 31.9 Å². The second-order valence-corrected chi connectivity index (χ2v) is 8.06. The molecule has 1 atom stereocenters. The number of fused-ring (bicyclic) bond motifs is 1. The van der Waals surface area contributed by atoms with E-state index in [9.17, 15) is 4.79 Å². The van der Waals surface area contributed by atoms with Gasteiger partial charge >= 0.3 is 0 Å². The molecule has 0 spiro atoms. The topological polar surface area (TPSA) is 66.9 Å². The third-order valence-electron chi connectivity index (χ3n) is 5.92. The zero-order chi connectivity index (χ0) is 20.4. The zero-order valence-corrected chi connectivity index (χ0v) is 17.5. The van der Waals surface area contributed by atoms with E-state index in [1.807, 2.05) is 41.6 Å². The largest absolute Gasteiger partial charge is 0.364 e. The highest BCUT2D eigenvalue weighted by Gasteiger charge is 2.26. The van der Waals surface area contributed by atoms with Gasteiger partial charge in [-0.25, -0.2) is 4.98 Å². The molecule has 4 heterocycles. The molecule has 7 heteroatoms. The van der Waals surface area contributed by atoms with Gasteiger partial charge in [0.2, 0.25) is 0 Å². The van der Waals surface area contributed by atoms with Crippen LogP contribution in [0.5, 0.6) is 0 Å². The van der Waals surface area contributed by atoms with Crippen LogP contribution in [-0.4, -0.2) is 50.4 Å². The number of aromatic nitrogens is 3. The van der Waals surface area contributed by atoms with Gasteiger partial charge in [-0.1, -0.05) is 18.0 Å². The van der Waals surface area contributed by atoms with Gasteiger partial charge in [0.25, 0.3) is 5.91 Å². The molecule has 7 nitrogen and oxygen atoms in total. The summed E-state index contributed by atoms with van der Waals surface area (Å²) in [5.74, 6) is 0.0470. The summed E-state index contributed by atoms with van der Waals surface area (Å²) < 4.78 is 7.05. The SMILES string of the molecule is Cc1ccn2c(CN(C)[C@@H](C)c3ccon3)c(C(=O)N3CCCCCC3)nc2c1. The van der Waals surface area contributed by atoms with Crippen molar-refractivity contribution in [2.24, 2.45) is 0 Å². The lowest BCUT2D eigenvalue weighted by Crippen LogP contribution is -2.33. The van der Waals surface area contributed by atoms with Crippen molar-refractivity contribution < 1.29 is 9.32 Å². The molecule has 0 aliphatic carbocycles. The number of likely N-dealkylation sites (tertiary alicyclic amines) is 1. The summed E-state index contributed by atoms with van der Waals surface area (Å²) in [6.07, 6.45) is 8.12. The lowest BCUT2D eigenvalue weighted by Gasteiger charge is -2.24. The molecular formula is C22H29N5O2. The Morgan fingerprint density at radius 1 is 1.24 bits per heavy atom. The van der Waals surface area contributed by atoms with Crippen LogP contribution in [0.2, 0.25) is 0 Å². The van der Waals surface area contributed by atoms with Crippen LogP contribution in [0.25, 0.3) is 5.65 Å². The van der Waals surface area contributed by atoms with E-state index in [0.717, 1.165) is 48.5 Å². The summed E-state index contributed by atoms with van der Waals surface area (Å²) >= 11 is 0. The normalized spacial score (nSPS) is 16.3. The molecule has 3 aromatic heterocycles. The first kappa shape index (κ1) is 19.6. The molecule has 1 amide bonds. The summed E-state index contributed by atoms with van der Waals surface area (Å²) in [6.45, 7) is 6.35. The fourth-order valence-electron chi connectivity index (χ4n) is 3.98. The molecule has 1 fully saturated rings. The van der Waals surface area contributed by atoms with Crippen molar-refractivity contribution in [3.8, 4) is 0 Å². The zero-order valence-electron chi connectivity index (χ0n) is 17.5. The first-order valence-corrected chi connectivity index (χ1v) is 10.4. The molecule has 0 saturated carbocycles. The summed E-state index contributed by atoms with van der Waals surface area (Å²) in [5.41, 5.74) is 4.31. The highest BCUT2D eigenvalue weighted by atomic mass is 16.5. The fraction of sp³-hybridized carbons (Fsp3) is 0.500. The highest BCUT2D eigenvalue weighted by molar-refractivity contribution is 5.94. The van der Waals surface area contributed by atoms with Crippen LogP contribution in [0.3, 0.4) is 0 Å². The first-order valence-electron chi connectivity index (χ1n) is 10.4. The smallest absolute Gasteiger partial charge is 0.274 e. The molecule has 0 aromatic carbocycles. The van der Waals surface area contributed by atoms with Gasteiger partial charge in [0.15, 0.2) is 5.69 Å². The van der Waals surface area contributed by atoms with Crippen LogP contribution in [0.1, 0.15) is 66.1 Å². The standard InChI is InChI=1S/C22H29N5O2/c1-16-8-12-27-19(15-25(3)17(2)18-9-13-29-24-18)21(23-20(27)14-16)22(28)26-10-6-4-5-7-11-26/h8-9,12-14,17H,4-7,10-11,15H2,1-3H3/t17-/m0/s1. The van der Waals surface area contributed by atoms with E-state index in [1.54, 1.807) is 6.26 Å². The number of carbonyl (C=O) groups is 1. The van der Waals surface area contributed by atoms with Crippen molar-refractivity contribution in [1.29, 1.82) is 0 Å². The lowest BCUT2D eigenvalue weighted by molar-refractivity contribution is 0.0753. The van der Waals surface area contributed by atoms with Crippen molar-refractivity contribution in [3.05, 3.63) is 53.3 Å². The van der Waals surface area contributed by atoms with Crippen LogP contribution in [0.15, 0.2) is 35.2 Å². The molecule has 0 bridgehead atoms. The quantitative estimate of drug-likeness (QED) is 0.657. The molecule has 0 radical (unpaired) electrons. The molecule has 0 N–H and O–H groups in total. The molecule has 1 saturated heterocycles. The Kier molecular flexibility index (Phi) is 5.67. The Morgan fingerprint density at radius 3 is 2.69 bits per heavy atom. The molecule has 0 unspecified atom stereocenters. The number of hydrogen-bond donors (Lipinski definition) is 0. The molecule has 1 aliphatic heterocycles. The van der Waals surface area contributed by atoms with Gasteiger partial charge in [-0.05, 0) is 51.4 Å². The molecule has 154 valence electrons. The third-order valence-corrected chi connectivity index (χ3v) is 5.92. The van der Waals surface area contributed by atoms with Crippen LogP contribution in [0.4, 0.5) is 0 Å². The average Bonchev–Trinajstić information content (AvgIpc) is 3.27. The van der Waals surface area contributed by atoms with E-state index in [1.165, 1.54) is 12.8 Å². The summed E-state index contributed by atoms with van der Waals surface area (Å²) in [4.78, 5) is 22.3. The molecule has 1 aliphatic rings. The number of aryl methyl sites for hydroxylation is 1. The lowest BCUT2D eigenvalue weighted by atomic mass is 10.2. The number of pyridine rings is 1. The van der Waals surface area contributed by atoms with Crippen LogP contribution >= 0.6 is 0 Å². The van der Waals surface area contributed by atoms with Gasteiger partial charge in [0.05, 0.1) is 11.7 Å². The van der Waals surface area contributed by atoms with Crippen LogP contribution < -0.4 is 0 Å². The maximum atomic E-state index is 13.4. The predicted octanol–water partition coefficient (Wildman–Crippen LogP) is 3.84. The number of carbonyl (C=O) groups excluding carboxylic acids is 1. The minimum absolute atomic E-state index is 0.0470. The van der Waals surface area contributed by atoms with E-state index < -0.39 is 0 Å². The average molecular weight is 396 g/mol. The van der Waals surface area contributed by atoms with Crippen molar-refractivity contribution in [1.82, 2.24) is 24.3 Å². The Labute approximate surface area is 171 Å². The molecule has 29 heavy (non-hydrogen) atoms. The van der Waals surface area contributed by atoms with Gasteiger partial charge in [-0.15, -0.1) is 0 Å². The van der Waals surface area contributed by atoms with Crippen LogP contribution in [0, 0.1) is 6.92 Å². The highest BCUT2D eigenvalue weighted by Crippen LogP contribution is 2.23. The van der Waals surface area contributed by atoms with E-state index in [-0.39, 0.29) is 11.9 Å². The number of nitrogens with zero attached hydrogens (tertiary/aromatic N) is 5. The minimum Gasteiger partial charge on any atom is -0.364 e. The number of amides is 1. The number of rotatable bonds is 5. The van der Waals surface area contributed by atoms with E-state index in [2.05, 4.69) is 23.0 Å². The second-order valence-electron chi connectivity index (χ2n) is 8.06. The Balaban J connectivity index is 1.69. The summed E-state index contributed by atoms with van der Waals surface area (Å²) in [7, 11) is 2.03. The number of imidazole rings is 1. The van der Waals surface area contributed by atoms with Crippen LogP contribution in [-0.2, 0) is 6.54 Å². The van der Waals surface area contributed by atoms with Crippen molar-refractivity contribution >= 4 is 11.6 Å². The van der Waals surface area contributed by atoms with Gasteiger partial charge in [0.1, 0.15) is 17.6 Å². The maximum Gasteiger partial charge on any atom is 0.274 e. The first-order chi connectivity index (χ1) is 14.0. The molecule has 3 aromatic rings. The van der Waals surface area contributed by atoms with E-state index >= 15 is 0 Å². The molecule has 4 rings (SSSR count). The predicted molar refractivity (Wildman–Crippen MR) is 111 cm³/mol. The van der Waals surface area contributed by atoms with Crippen molar-refractivity contribution in [3.63, 3.8) is 0 Å². The monoisotopic (exact) mass is 395 g/mol. The van der Waals surface area contributed by atoms with Crippen molar-refractivity contribution in [2.45, 2.75) is 52.1 Å². The summed E-state index contributed by atoms with van der Waals surface area (Å²) in [5, 5.41) is 4.07. The Bertz CT molecular complexity index is 971. The number of hydrogen-bond acceptors (Lipinski definition) is 5. The van der Waals surface area contributed by atoms with Gasteiger partial charge in [-0.3, -0.25) is 9.69 Å². The van der Waals surface area contributed by atoms with Gasteiger partial charge < -0.3 is 13.8 Å². The Morgan fingerprint density at radius 2 is 2.00 bits per heavy atom. The fourth-order valence-corrected chi connectivity index (χ4v) is 3.98. The van der Waals surface area contributed by atoms with E-state index in [0.29, 0.717) is 12.2 Å². The minimum atomic E-state index is 0.0470. The van der Waals surface area contributed by atoms with Gasteiger partial charge in [-0.2, -0.15) is 0 Å². The Hall–Kier alpha value is -2.67. The third kappa shape index (κ3) is 4.05. The van der Waals surface area contributed by atoms with E-state index in [4.69, 9.17) is 9.51 Å². The molecular weight excluding hydrogens is 366 g/mol. The maximum absolute atomic E-state index is 13.4.